The van der Waals surface area contributed by atoms with Crippen LogP contribution in [0, 0.1) is 0 Å². The average Bonchev–Trinajstić information content (AvgIpc) is 2.29. The minimum Gasteiger partial charge on any atom is -0.379 e. The van der Waals surface area contributed by atoms with Crippen LogP contribution in [0.4, 0.5) is 0 Å². The Bertz CT molecular complexity index is 191. The molecular formula is C11H21ClN2O. The Morgan fingerprint density at radius 2 is 2.20 bits per heavy atom. The Labute approximate surface area is 97.4 Å². The second kappa shape index (κ2) is 8.11. The Morgan fingerprint density at radius 3 is 2.87 bits per heavy atom. The van der Waals surface area contributed by atoms with Gasteiger partial charge in [-0.2, -0.15) is 0 Å². The molecular weight excluding hydrogens is 212 g/mol. The van der Waals surface area contributed by atoms with Gasteiger partial charge in [0.05, 0.1) is 13.2 Å². The molecule has 0 bridgehead atoms. The molecule has 3 nitrogen and oxygen atoms in total. The number of halogens is 1. The smallest absolute Gasteiger partial charge is 0.0594 e. The van der Waals surface area contributed by atoms with Gasteiger partial charge in [0.2, 0.25) is 0 Å². The molecule has 0 spiro atoms. The predicted octanol–water partition coefficient (Wildman–Crippen LogP) is 1.44. The van der Waals surface area contributed by atoms with Gasteiger partial charge in [0.25, 0.3) is 0 Å². The lowest BCUT2D eigenvalue weighted by Crippen LogP contribution is -2.37. The Morgan fingerprint density at radius 1 is 1.47 bits per heavy atom. The second-order valence-electron chi connectivity index (χ2n) is 3.94. The van der Waals surface area contributed by atoms with Crippen LogP contribution < -0.4 is 5.32 Å². The number of ether oxygens (including phenoxy) is 1. The first kappa shape index (κ1) is 13.0. The van der Waals surface area contributed by atoms with Gasteiger partial charge in [-0.25, -0.2) is 0 Å². The van der Waals surface area contributed by atoms with Crippen molar-refractivity contribution in [3.63, 3.8) is 0 Å². The lowest BCUT2D eigenvalue weighted by Gasteiger charge is -2.26. The van der Waals surface area contributed by atoms with E-state index < -0.39 is 0 Å². The van der Waals surface area contributed by atoms with Crippen LogP contribution in [-0.4, -0.2) is 50.8 Å². The van der Waals surface area contributed by atoms with Gasteiger partial charge < -0.3 is 10.1 Å². The molecule has 88 valence electrons. The molecule has 1 aliphatic rings. The number of nitrogens with zero attached hydrogens (tertiary/aromatic N) is 1. The Kier molecular flexibility index (Phi) is 7.01. The van der Waals surface area contributed by atoms with Crippen molar-refractivity contribution >= 4 is 11.6 Å². The zero-order valence-corrected chi connectivity index (χ0v) is 10.2. The summed E-state index contributed by atoms with van der Waals surface area (Å²) in [5.41, 5.74) is 2.82. The SMILES string of the molecule is CC(=CCl)CNCCCN1CCOCC1. The largest absolute Gasteiger partial charge is 0.379 e. The van der Waals surface area contributed by atoms with Crippen molar-refractivity contribution in [1.29, 1.82) is 0 Å². The molecule has 0 aromatic rings. The maximum absolute atomic E-state index is 5.56. The molecule has 1 rings (SSSR count). The summed E-state index contributed by atoms with van der Waals surface area (Å²) in [7, 11) is 0. The highest BCUT2D eigenvalue weighted by Gasteiger charge is 2.08. The van der Waals surface area contributed by atoms with Crippen LogP contribution in [0.3, 0.4) is 0 Å². The molecule has 0 aliphatic carbocycles. The van der Waals surface area contributed by atoms with Crippen LogP contribution in [0.25, 0.3) is 0 Å². The van der Waals surface area contributed by atoms with E-state index in [-0.39, 0.29) is 0 Å². The predicted molar refractivity (Wildman–Crippen MR) is 64.4 cm³/mol. The van der Waals surface area contributed by atoms with E-state index in [4.69, 9.17) is 16.3 Å². The molecule has 15 heavy (non-hydrogen) atoms. The summed E-state index contributed by atoms with van der Waals surface area (Å²) in [6.07, 6.45) is 1.19. The van der Waals surface area contributed by atoms with Gasteiger partial charge in [0.1, 0.15) is 0 Å². The van der Waals surface area contributed by atoms with Crippen molar-refractivity contribution in [2.75, 3.05) is 45.9 Å². The number of rotatable bonds is 6. The maximum atomic E-state index is 5.56. The van der Waals surface area contributed by atoms with Crippen LogP contribution in [0.15, 0.2) is 11.1 Å². The number of hydrogen-bond donors (Lipinski definition) is 1. The van der Waals surface area contributed by atoms with Crippen molar-refractivity contribution < 1.29 is 4.74 Å². The summed E-state index contributed by atoms with van der Waals surface area (Å²) < 4.78 is 5.29. The van der Waals surface area contributed by atoms with Crippen molar-refractivity contribution in [3.8, 4) is 0 Å². The fourth-order valence-electron chi connectivity index (χ4n) is 1.58. The second-order valence-corrected chi connectivity index (χ2v) is 4.16. The summed E-state index contributed by atoms with van der Waals surface area (Å²) >= 11 is 5.56. The van der Waals surface area contributed by atoms with Gasteiger partial charge in [-0.15, -0.1) is 0 Å². The van der Waals surface area contributed by atoms with E-state index in [0.29, 0.717) is 0 Å². The van der Waals surface area contributed by atoms with Crippen molar-refractivity contribution in [3.05, 3.63) is 11.1 Å². The number of nitrogens with one attached hydrogen (secondary N) is 1. The fraction of sp³-hybridized carbons (Fsp3) is 0.818. The Hall–Kier alpha value is -0.0900. The van der Waals surface area contributed by atoms with Crippen LogP contribution in [0.2, 0.25) is 0 Å². The molecule has 4 heteroatoms. The lowest BCUT2D eigenvalue weighted by molar-refractivity contribution is 0.0375. The molecule has 1 fully saturated rings. The minimum absolute atomic E-state index is 0.890. The zero-order chi connectivity index (χ0) is 10.9. The first-order valence-electron chi connectivity index (χ1n) is 5.59. The highest BCUT2D eigenvalue weighted by molar-refractivity contribution is 6.25. The normalized spacial score (nSPS) is 19.5. The molecule has 1 saturated heterocycles. The first-order chi connectivity index (χ1) is 7.33. The van der Waals surface area contributed by atoms with Crippen LogP contribution >= 0.6 is 11.6 Å². The molecule has 0 saturated carbocycles. The van der Waals surface area contributed by atoms with Gasteiger partial charge in [0.15, 0.2) is 0 Å². The van der Waals surface area contributed by atoms with Crippen molar-refractivity contribution in [2.45, 2.75) is 13.3 Å². The molecule has 1 heterocycles. The third-order valence-electron chi connectivity index (χ3n) is 2.52. The number of hydrogen-bond acceptors (Lipinski definition) is 3. The minimum atomic E-state index is 0.890. The van der Waals surface area contributed by atoms with E-state index in [1.165, 1.54) is 18.5 Å². The molecule has 0 radical (unpaired) electrons. The number of morpholine rings is 1. The van der Waals surface area contributed by atoms with Gasteiger partial charge in [-0.05, 0) is 32.0 Å². The molecule has 0 atom stereocenters. The summed E-state index contributed by atoms with van der Waals surface area (Å²) in [4.78, 5) is 2.45. The topological polar surface area (TPSA) is 24.5 Å². The summed E-state index contributed by atoms with van der Waals surface area (Å²) in [5.74, 6) is 0. The summed E-state index contributed by atoms with van der Waals surface area (Å²) in [6, 6.07) is 0. The molecule has 0 amide bonds. The summed E-state index contributed by atoms with van der Waals surface area (Å²) in [6.45, 7) is 9.10. The average molecular weight is 233 g/mol. The standard InChI is InChI=1S/C11H21ClN2O/c1-11(9-12)10-13-3-2-4-14-5-7-15-8-6-14/h9,13H,2-8,10H2,1H3. The summed E-state index contributed by atoms with van der Waals surface area (Å²) in [5, 5.41) is 3.37. The third-order valence-corrected chi connectivity index (χ3v) is 2.89. The highest BCUT2D eigenvalue weighted by atomic mass is 35.5. The molecule has 0 aromatic carbocycles. The maximum Gasteiger partial charge on any atom is 0.0594 e. The van der Waals surface area contributed by atoms with Gasteiger partial charge >= 0.3 is 0 Å². The van der Waals surface area contributed by atoms with E-state index in [9.17, 15) is 0 Å². The van der Waals surface area contributed by atoms with Gasteiger partial charge in [0, 0.05) is 25.2 Å². The van der Waals surface area contributed by atoms with E-state index in [1.807, 2.05) is 6.92 Å². The van der Waals surface area contributed by atoms with Crippen LogP contribution in [0.5, 0.6) is 0 Å². The van der Waals surface area contributed by atoms with Crippen molar-refractivity contribution in [1.82, 2.24) is 10.2 Å². The Balaban J connectivity index is 1.92. The van der Waals surface area contributed by atoms with Gasteiger partial charge in [-0.1, -0.05) is 11.6 Å². The quantitative estimate of drug-likeness (QED) is 0.702. The van der Waals surface area contributed by atoms with Crippen molar-refractivity contribution in [2.24, 2.45) is 0 Å². The zero-order valence-electron chi connectivity index (χ0n) is 9.47. The van der Waals surface area contributed by atoms with Crippen LogP contribution in [-0.2, 0) is 4.74 Å². The van der Waals surface area contributed by atoms with E-state index >= 15 is 0 Å². The molecule has 1 N–H and O–H groups in total. The molecule has 0 unspecified atom stereocenters. The van der Waals surface area contributed by atoms with Crippen LogP contribution in [0.1, 0.15) is 13.3 Å². The monoisotopic (exact) mass is 232 g/mol. The van der Waals surface area contributed by atoms with E-state index in [1.54, 1.807) is 5.54 Å². The molecule has 1 aliphatic heterocycles. The van der Waals surface area contributed by atoms with E-state index in [0.717, 1.165) is 39.4 Å². The lowest BCUT2D eigenvalue weighted by atomic mass is 10.3. The first-order valence-corrected chi connectivity index (χ1v) is 6.03. The fourth-order valence-corrected chi connectivity index (χ4v) is 1.65. The highest BCUT2D eigenvalue weighted by Crippen LogP contribution is 1.97. The van der Waals surface area contributed by atoms with Gasteiger partial charge in [-0.3, -0.25) is 4.90 Å². The molecule has 0 aromatic heterocycles. The van der Waals surface area contributed by atoms with E-state index in [2.05, 4.69) is 10.2 Å². The third kappa shape index (κ3) is 6.15.